The summed E-state index contributed by atoms with van der Waals surface area (Å²) < 4.78 is 32.4. The van der Waals surface area contributed by atoms with Crippen LogP contribution in [0.25, 0.3) is 0 Å². The Labute approximate surface area is 166 Å². The van der Waals surface area contributed by atoms with Gasteiger partial charge in [-0.25, -0.2) is 13.2 Å². The first-order valence-corrected chi connectivity index (χ1v) is 11.2. The monoisotopic (exact) mass is 402 g/mol. The molecule has 1 fully saturated rings. The summed E-state index contributed by atoms with van der Waals surface area (Å²) in [7, 11) is -3.50. The van der Waals surface area contributed by atoms with E-state index in [1.165, 1.54) is 24.3 Å². The highest BCUT2D eigenvalue weighted by molar-refractivity contribution is 7.89. The normalized spacial score (nSPS) is 15.7. The number of carbonyl (C=O) groups is 1. The van der Waals surface area contributed by atoms with Gasteiger partial charge in [-0.3, -0.25) is 4.98 Å². The number of hydrogen-bond acceptors (Lipinski definition) is 5. The molecule has 150 valence electrons. The van der Waals surface area contributed by atoms with Crippen LogP contribution in [-0.2, 0) is 21.2 Å². The zero-order valence-electron chi connectivity index (χ0n) is 15.9. The van der Waals surface area contributed by atoms with Crippen LogP contribution in [0.1, 0.15) is 48.0 Å². The number of pyridine rings is 1. The van der Waals surface area contributed by atoms with Gasteiger partial charge in [-0.05, 0) is 61.6 Å². The third kappa shape index (κ3) is 5.39. The lowest BCUT2D eigenvalue weighted by molar-refractivity contribution is 0.0500. The van der Waals surface area contributed by atoms with Crippen LogP contribution in [0.2, 0.25) is 0 Å². The summed E-state index contributed by atoms with van der Waals surface area (Å²) in [4.78, 5) is 16.4. The average molecular weight is 403 g/mol. The Bertz CT molecular complexity index is 859. The van der Waals surface area contributed by atoms with E-state index in [-0.39, 0.29) is 4.90 Å². The summed E-state index contributed by atoms with van der Waals surface area (Å²) >= 11 is 0. The number of esters is 1. The van der Waals surface area contributed by atoms with Gasteiger partial charge >= 0.3 is 5.97 Å². The largest absolute Gasteiger partial charge is 0.462 e. The SMILES string of the molecule is O=C(OCCCc1cccnc1)c1ccc(S(=O)(=O)N2CCCCCC2)cc1. The number of ether oxygens (including phenoxy) is 1. The van der Waals surface area contributed by atoms with Gasteiger partial charge in [-0.15, -0.1) is 0 Å². The van der Waals surface area contributed by atoms with Crippen molar-refractivity contribution in [3.05, 3.63) is 59.9 Å². The van der Waals surface area contributed by atoms with E-state index in [1.807, 2.05) is 12.1 Å². The van der Waals surface area contributed by atoms with Gasteiger partial charge in [0.2, 0.25) is 10.0 Å². The van der Waals surface area contributed by atoms with Crippen LogP contribution in [0.3, 0.4) is 0 Å². The molecule has 7 heteroatoms. The van der Waals surface area contributed by atoms with E-state index in [4.69, 9.17) is 4.74 Å². The van der Waals surface area contributed by atoms with Crippen molar-refractivity contribution in [3.8, 4) is 0 Å². The quantitative estimate of drug-likeness (QED) is 0.524. The molecule has 0 radical (unpaired) electrons. The summed E-state index contributed by atoms with van der Waals surface area (Å²) in [5, 5.41) is 0. The molecule has 1 aromatic carbocycles. The number of aromatic nitrogens is 1. The fourth-order valence-corrected chi connectivity index (χ4v) is 4.78. The van der Waals surface area contributed by atoms with Gasteiger partial charge in [-0.2, -0.15) is 4.31 Å². The minimum absolute atomic E-state index is 0.225. The number of nitrogens with zero attached hydrogens (tertiary/aromatic N) is 2. The summed E-state index contributed by atoms with van der Waals surface area (Å²) in [6, 6.07) is 9.89. The summed E-state index contributed by atoms with van der Waals surface area (Å²) in [5.74, 6) is -0.440. The van der Waals surface area contributed by atoms with E-state index in [2.05, 4.69) is 4.98 Å². The van der Waals surface area contributed by atoms with E-state index >= 15 is 0 Å². The second-order valence-corrected chi connectivity index (χ2v) is 8.88. The van der Waals surface area contributed by atoms with E-state index in [0.29, 0.717) is 31.7 Å². The van der Waals surface area contributed by atoms with Crippen molar-refractivity contribution in [2.24, 2.45) is 0 Å². The van der Waals surface area contributed by atoms with Crippen LogP contribution in [0.15, 0.2) is 53.7 Å². The molecule has 3 rings (SSSR count). The molecule has 0 unspecified atom stereocenters. The number of aryl methyl sites for hydroxylation is 1. The molecule has 0 bridgehead atoms. The summed E-state index contributed by atoms with van der Waals surface area (Å²) in [6.07, 6.45) is 8.93. The number of carbonyl (C=O) groups excluding carboxylic acids is 1. The van der Waals surface area contributed by atoms with Gasteiger partial charge in [-0.1, -0.05) is 18.9 Å². The molecule has 0 spiro atoms. The highest BCUT2D eigenvalue weighted by Gasteiger charge is 2.25. The molecule has 0 amide bonds. The maximum atomic E-state index is 12.8. The minimum Gasteiger partial charge on any atom is -0.462 e. The van der Waals surface area contributed by atoms with Crippen LogP contribution in [0.4, 0.5) is 0 Å². The van der Waals surface area contributed by atoms with Crippen molar-refractivity contribution in [1.82, 2.24) is 9.29 Å². The lowest BCUT2D eigenvalue weighted by Crippen LogP contribution is -2.31. The number of hydrogen-bond donors (Lipinski definition) is 0. The smallest absolute Gasteiger partial charge is 0.338 e. The molecule has 1 aliphatic rings. The van der Waals surface area contributed by atoms with Crippen LogP contribution in [-0.4, -0.2) is 43.4 Å². The molecular weight excluding hydrogens is 376 g/mol. The van der Waals surface area contributed by atoms with Crippen LogP contribution < -0.4 is 0 Å². The maximum absolute atomic E-state index is 12.8. The molecule has 28 heavy (non-hydrogen) atoms. The van der Waals surface area contributed by atoms with Crippen LogP contribution in [0, 0.1) is 0 Å². The molecule has 0 aliphatic carbocycles. The van der Waals surface area contributed by atoms with Crippen molar-refractivity contribution >= 4 is 16.0 Å². The van der Waals surface area contributed by atoms with Gasteiger partial charge in [0, 0.05) is 25.5 Å². The molecule has 0 N–H and O–H groups in total. The van der Waals surface area contributed by atoms with Crippen molar-refractivity contribution in [2.45, 2.75) is 43.4 Å². The molecule has 1 saturated heterocycles. The second-order valence-electron chi connectivity index (χ2n) is 6.94. The Morgan fingerprint density at radius 3 is 2.39 bits per heavy atom. The van der Waals surface area contributed by atoms with Crippen molar-refractivity contribution in [3.63, 3.8) is 0 Å². The zero-order valence-corrected chi connectivity index (χ0v) is 16.7. The third-order valence-electron chi connectivity index (χ3n) is 4.86. The third-order valence-corrected chi connectivity index (χ3v) is 6.77. The Kier molecular flexibility index (Phi) is 7.17. The number of rotatable bonds is 7. The fraction of sp³-hybridized carbons (Fsp3) is 0.429. The maximum Gasteiger partial charge on any atom is 0.338 e. The van der Waals surface area contributed by atoms with Crippen LogP contribution >= 0.6 is 0 Å². The Balaban J connectivity index is 1.53. The van der Waals surface area contributed by atoms with Crippen LogP contribution in [0.5, 0.6) is 0 Å². The molecule has 1 aromatic heterocycles. The van der Waals surface area contributed by atoms with Crippen molar-refractivity contribution in [2.75, 3.05) is 19.7 Å². The lowest BCUT2D eigenvalue weighted by Gasteiger charge is -2.20. The summed E-state index contributed by atoms with van der Waals surface area (Å²) in [5.41, 5.74) is 1.46. The Morgan fingerprint density at radius 1 is 1.04 bits per heavy atom. The minimum atomic E-state index is -3.50. The molecule has 0 atom stereocenters. The molecule has 2 heterocycles. The molecule has 6 nitrogen and oxygen atoms in total. The topological polar surface area (TPSA) is 76.6 Å². The highest BCUT2D eigenvalue weighted by atomic mass is 32.2. The van der Waals surface area contributed by atoms with Gasteiger partial charge in [0.25, 0.3) is 0 Å². The fourth-order valence-electron chi connectivity index (χ4n) is 3.26. The van der Waals surface area contributed by atoms with E-state index < -0.39 is 16.0 Å². The van der Waals surface area contributed by atoms with E-state index in [9.17, 15) is 13.2 Å². The molecule has 0 saturated carbocycles. The molecule has 2 aromatic rings. The van der Waals surface area contributed by atoms with Crippen molar-refractivity contribution in [1.29, 1.82) is 0 Å². The molecule has 1 aliphatic heterocycles. The van der Waals surface area contributed by atoms with E-state index in [0.717, 1.165) is 37.7 Å². The van der Waals surface area contributed by atoms with Gasteiger partial charge in [0.1, 0.15) is 0 Å². The lowest BCUT2D eigenvalue weighted by atomic mass is 10.2. The van der Waals surface area contributed by atoms with E-state index in [1.54, 1.807) is 16.7 Å². The second kappa shape index (κ2) is 9.80. The first-order chi connectivity index (χ1) is 13.6. The van der Waals surface area contributed by atoms with Gasteiger partial charge < -0.3 is 4.74 Å². The van der Waals surface area contributed by atoms with Crippen molar-refractivity contribution < 1.29 is 17.9 Å². The predicted molar refractivity (Wildman–Crippen MR) is 107 cm³/mol. The first kappa shape index (κ1) is 20.5. The average Bonchev–Trinajstić information content (AvgIpc) is 3.02. The number of sulfonamides is 1. The van der Waals surface area contributed by atoms with Gasteiger partial charge in [0.05, 0.1) is 17.1 Å². The molecular formula is C21H26N2O4S. The predicted octanol–water partition coefficient (Wildman–Crippen LogP) is 3.44. The standard InChI is InChI=1S/C21H26N2O4S/c24-21(27-16-6-8-18-7-5-13-22-17-18)19-9-11-20(12-10-19)28(25,26)23-14-3-1-2-4-15-23/h5,7,9-13,17H,1-4,6,8,14-16H2. The number of benzene rings is 1. The Morgan fingerprint density at radius 2 is 1.75 bits per heavy atom. The summed E-state index contributed by atoms with van der Waals surface area (Å²) in [6.45, 7) is 1.42. The zero-order chi connectivity index (χ0) is 19.8. The first-order valence-electron chi connectivity index (χ1n) is 9.73. The highest BCUT2D eigenvalue weighted by Crippen LogP contribution is 2.21. The Hall–Kier alpha value is -2.25. The van der Waals surface area contributed by atoms with Gasteiger partial charge in [0.15, 0.2) is 0 Å².